The first-order chi connectivity index (χ1) is 9.54. The predicted molar refractivity (Wildman–Crippen MR) is 78.9 cm³/mol. The molecule has 0 aliphatic heterocycles. The minimum absolute atomic E-state index is 0.0480. The molecule has 0 bridgehead atoms. The van der Waals surface area contributed by atoms with Gasteiger partial charge in [0, 0.05) is 17.6 Å². The fourth-order valence-electron chi connectivity index (χ4n) is 1.66. The number of esters is 1. The molecule has 1 aromatic rings. The van der Waals surface area contributed by atoms with Gasteiger partial charge in [-0.1, -0.05) is 31.4 Å². The normalized spacial score (nSPS) is 10.2. The van der Waals surface area contributed by atoms with Crippen molar-refractivity contribution >= 4 is 23.5 Å². The summed E-state index contributed by atoms with van der Waals surface area (Å²) in [6.07, 6.45) is 2.97. The molecule has 1 aromatic carbocycles. The fourth-order valence-corrected chi connectivity index (χ4v) is 1.79. The van der Waals surface area contributed by atoms with Crippen LogP contribution >= 0.6 is 11.6 Å². The molecule has 0 fully saturated rings. The van der Waals surface area contributed by atoms with Crippen LogP contribution in [0.25, 0.3) is 0 Å². The Labute approximate surface area is 124 Å². The molecule has 1 amide bonds. The number of hydrogen-bond acceptors (Lipinski definition) is 3. The van der Waals surface area contributed by atoms with Crippen molar-refractivity contribution < 1.29 is 14.3 Å². The van der Waals surface area contributed by atoms with Gasteiger partial charge in [-0.2, -0.15) is 0 Å². The lowest BCUT2D eigenvalue weighted by Crippen LogP contribution is -2.33. The number of carbonyl (C=O) groups excluding carboxylic acids is 2. The van der Waals surface area contributed by atoms with Crippen molar-refractivity contribution in [3.8, 4) is 0 Å². The number of halogens is 1. The van der Waals surface area contributed by atoms with Gasteiger partial charge in [-0.3, -0.25) is 9.59 Å². The van der Waals surface area contributed by atoms with Crippen LogP contribution in [0, 0.1) is 0 Å². The summed E-state index contributed by atoms with van der Waals surface area (Å²) in [5.41, 5.74) is 0.496. The number of carbonyl (C=O) groups is 2. The highest BCUT2D eigenvalue weighted by Crippen LogP contribution is 2.11. The highest BCUT2D eigenvalue weighted by atomic mass is 35.5. The van der Waals surface area contributed by atoms with E-state index in [4.69, 9.17) is 16.3 Å². The number of ether oxygens (including phenoxy) is 1. The summed E-state index contributed by atoms with van der Waals surface area (Å²) in [6.45, 7) is 2.45. The van der Waals surface area contributed by atoms with E-state index in [1.165, 1.54) is 4.90 Å². The number of unbranched alkanes of at least 4 members (excludes halogenated alkanes) is 2. The first kappa shape index (κ1) is 16.5. The summed E-state index contributed by atoms with van der Waals surface area (Å²) in [7, 11) is 1.57. The summed E-state index contributed by atoms with van der Waals surface area (Å²) < 4.78 is 5.07. The molecule has 0 heterocycles. The Morgan fingerprint density at radius 3 is 2.45 bits per heavy atom. The first-order valence-corrected chi connectivity index (χ1v) is 7.09. The van der Waals surface area contributed by atoms with E-state index in [2.05, 4.69) is 6.92 Å². The van der Waals surface area contributed by atoms with E-state index >= 15 is 0 Å². The maximum absolute atomic E-state index is 12.0. The standard InChI is InChI=1S/C15H20ClNO3/c1-3-4-5-10-20-14(18)11-17(2)15(19)12-6-8-13(16)9-7-12/h6-9H,3-5,10-11H2,1-2H3. The molecule has 0 N–H and O–H groups in total. The molecule has 0 saturated carbocycles. The van der Waals surface area contributed by atoms with Crippen molar-refractivity contribution in [3.63, 3.8) is 0 Å². The molecule has 0 aliphatic carbocycles. The van der Waals surface area contributed by atoms with Gasteiger partial charge in [-0.25, -0.2) is 0 Å². The zero-order valence-corrected chi connectivity index (χ0v) is 12.7. The highest BCUT2D eigenvalue weighted by Gasteiger charge is 2.15. The van der Waals surface area contributed by atoms with Crippen LogP contribution in [-0.4, -0.2) is 37.0 Å². The molecule has 0 aromatic heterocycles. The second kappa shape index (κ2) is 8.59. The van der Waals surface area contributed by atoms with Crippen molar-refractivity contribution in [2.45, 2.75) is 26.2 Å². The van der Waals surface area contributed by atoms with Crippen LogP contribution in [-0.2, 0) is 9.53 Å². The van der Waals surface area contributed by atoms with Crippen molar-refractivity contribution in [1.82, 2.24) is 4.90 Å². The fraction of sp³-hybridized carbons (Fsp3) is 0.467. The Bertz CT molecular complexity index is 445. The smallest absolute Gasteiger partial charge is 0.325 e. The summed E-state index contributed by atoms with van der Waals surface area (Å²) in [5, 5.41) is 0.569. The van der Waals surface area contributed by atoms with E-state index in [1.807, 2.05) is 0 Å². The van der Waals surface area contributed by atoms with E-state index in [0.717, 1.165) is 19.3 Å². The third-order valence-electron chi connectivity index (χ3n) is 2.82. The summed E-state index contributed by atoms with van der Waals surface area (Å²) in [4.78, 5) is 25.0. The number of hydrogen-bond donors (Lipinski definition) is 0. The molecule has 20 heavy (non-hydrogen) atoms. The number of likely N-dealkylation sites (N-methyl/N-ethyl adjacent to an activating group) is 1. The number of amides is 1. The minimum Gasteiger partial charge on any atom is -0.464 e. The van der Waals surface area contributed by atoms with Gasteiger partial charge in [-0.15, -0.1) is 0 Å². The van der Waals surface area contributed by atoms with E-state index < -0.39 is 0 Å². The second-order valence-electron chi connectivity index (χ2n) is 4.60. The van der Waals surface area contributed by atoms with Crippen molar-refractivity contribution in [1.29, 1.82) is 0 Å². The minimum atomic E-state index is -0.383. The largest absolute Gasteiger partial charge is 0.464 e. The molecule has 0 atom stereocenters. The van der Waals surface area contributed by atoms with Gasteiger partial charge in [0.25, 0.3) is 5.91 Å². The molecule has 0 aliphatic rings. The van der Waals surface area contributed by atoms with Crippen molar-refractivity contribution in [3.05, 3.63) is 34.9 Å². The molecule has 0 radical (unpaired) electrons. The topological polar surface area (TPSA) is 46.6 Å². The molecule has 0 saturated heterocycles. The Morgan fingerprint density at radius 2 is 1.85 bits per heavy atom. The van der Waals surface area contributed by atoms with Crippen LogP contribution in [0.15, 0.2) is 24.3 Å². The molecule has 5 heteroatoms. The maximum atomic E-state index is 12.0. The lowest BCUT2D eigenvalue weighted by atomic mass is 10.2. The van der Waals surface area contributed by atoms with Crippen LogP contribution in [0.5, 0.6) is 0 Å². The quantitative estimate of drug-likeness (QED) is 0.574. The third kappa shape index (κ3) is 5.61. The monoisotopic (exact) mass is 297 g/mol. The van der Waals surface area contributed by atoms with E-state index in [0.29, 0.717) is 17.2 Å². The Kier molecular flexibility index (Phi) is 7.09. The zero-order chi connectivity index (χ0) is 15.0. The average molecular weight is 298 g/mol. The lowest BCUT2D eigenvalue weighted by molar-refractivity contribution is -0.144. The van der Waals surface area contributed by atoms with Gasteiger partial charge in [-0.05, 0) is 30.7 Å². The van der Waals surface area contributed by atoms with Crippen LogP contribution in [0.4, 0.5) is 0 Å². The summed E-state index contributed by atoms with van der Waals surface area (Å²) in [5.74, 6) is -0.613. The van der Waals surface area contributed by atoms with Crippen LogP contribution in [0.2, 0.25) is 5.02 Å². The lowest BCUT2D eigenvalue weighted by Gasteiger charge is -2.16. The third-order valence-corrected chi connectivity index (χ3v) is 3.07. The molecule has 0 unspecified atom stereocenters. The number of rotatable bonds is 7. The number of benzene rings is 1. The highest BCUT2D eigenvalue weighted by molar-refractivity contribution is 6.30. The van der Waals surface area contributed by atoms with E-state index in [-0.39, 0.29) is 18.4 Å². The molecular formula is C15H20ClNO3. The van der Waals surface area contributed by atoms with Gasteiger partial charge in [0.1, 0.15) is 6.54 Å². The average Bonchev–Trinajstić information content (AvgIpc) is 2.43. The van der Waals surface area contributed by atoms with Gasteiger partial charge in [0.2, 0.25) is 0 Å². The molecule has 0 spiro atoms. The molecule has 110 valence electrons. The van der Waals surface area contributed by atoms with Crippen LogP contribution < -0.4 is 0 Å². The second-order valence-corrected chi connectivity index (χ2v) is 5.03. The predicted octanol–water partition coefficient (Wildman–Crippen LogP) is 3.15. The first-order valence-electron chi connectivity index (χ1n) is 6.71. The Hall–Kier alpha value is -1.55. The Morgan fingerprint density at radius 1 is 1.20 bits per heavy atom. The molecular weight excluding hydrogens is 278 g/mol. The maximum Gasteiger partial charge on any atom is 0.325 e. The SMILES string of the molecule is CCCCCOC(=O)CN(C)C(=O)c1ccc(Cl)cc1. The van der Waals surface area contributed by atoms with Crippen molar-refractivity contribution in [2.24, 2.45) is 0 Å². The van der Waals surface area contributed by atoms with Gasteiger partial charge in [0.15, 0.2) is 0 Å². The van der Waals surface area contributed by atoms with Crippen LogP contribution in [0.3, 0.4) is 0 Å². The van der Waals surface area contributed by atoms with Crippen LogP contribution in [0.1, 0.15) is 36.5 Å². The van der Waals surface area contributed by atoms with Gasteiger partial charge >= 0.3 is 5.97 Å². The Balaban J connectivity index is 2.41. The summed E-state index contributed by atoms with van der Waals surface area (Å²) >= 11 is 5.76. The van der Waals surface area contributed by atoms with E-state index in [1.54, 1.807) is 31.3 Å². The van der Waals surface area contributed by atoms with Gasteiger partial charge < -0.3 is 9.64 Å². The molecule has 4 nitrogen and oxygen atoms in total. The summed E-state index contributed by atoms with van der Waals surface area (Å²) in [6, 6.07) is 6.55. The molecule has 1 rings (SSSR count). The van der Waals surface area contributed by atoms with E-state index in [9.17, 15) is 9.59 Å². The van der Waals surface area contributed by atoms with Gasteiger partial charge in [0.05, 0.1) is 6.61 Å². The zero-order valence-electron chi connectivity index (χ0n) is 11.9. The number of nitrogens with zero attached hydrogens (tertiary/aromatic N) is 1. The van der Waals surface area contributed by atoms with Crippen molar-refractivity contribution in [2.75, 3.05) is 20.2 Å².